The molecule has 2 N–H and O–H groups in total. The number of carbonyl (C=O) groups is 1. The highest BCUT2D eigenvalue weighted by Gasteiger charge is 2.47. The highest BCUT2D eigenvalue weighted by Crippen LogP contribution is 2.39. The molecule has 6 heterocycles. The van der Waals surface area contributed by atoms with Gasteiger partial charge in [0.1, 0.15) is 38.3 Å². The van der Waals surface area contributed by atoms with Gasteiger partial charge in [0.05, 0.1) is 16.5 Å². The van der Waals surface area contributed by atoms with E-state index in [0.717, 1.165) is 54.8 Å². The third kappa shape index (κ3) is 4.51. The Balaban J connectivity index is 1.16. The monoisotopic (exact) mass is 619 g/mol. The fourth-order valence-corrected chi connectivity index (χ4v) is 8.89. The Morgan fingerprint density at radius 3 is 2.52 bits per heavy atom. The molecule has 44 heavy (non-hydrogen) atoms. The largest absolute Gasteiger partial charge is 0.356 e. The lowest BCUT2D eigenvalue weighted by molar-refractivity contribution is 0.0699. The number of nitrogens with zero attached hydrogens (tertiary/aromatic N) is 6. The minimum Gasteiger partial charge on any atom is -0.356 e. The summed E-state index contributed by atoms with van der Waals surface area (Å²) in [6.07, 6.45) is 8.41. The van der Waals surface area contributed by atoms with Gasteiger partial charge in [0, 0.05) is 61.7 Å². The number of rotatable bonds is 6. The molecule has 4 aromatic heterocycles. The zero-order chi connectivity index (χ0) is 30.5. The smallest absolute Gasteiger partial charge is 0.255 e. The van der Waals surface area contributed by atoms with Crippen LogP contribution in [0, 0.1) is 24.6 Å². The Morgan fingerprint density at radius 2 is 1.86 bits per heavy atom. The van der Waals surface area contributed by atoms with Crippen LogP contribution in [-0.2, 0) is 16.4 Å². The van der Waals surface area contributed by atoms with Gasteiger partial charge in [0.2, 0.25) is 0 Å². The molecular weight excluding hydrogens is 581 g/mol. The van der Waals surface area contributed by atoms with Crippen LogP contribution in [-0.4, -0.2) is 81.6 Å². The maximum absolute atomic E-state index is 15.7. The van der Waals surface area contributed by atoms with E-state index in [0.29, 0.717) is 61.1 Å². The molecular formula is C32H38FN7O3S. The van der Waals surface area contributed by atoms with Crippen LogP contribution in [0.4, 0.5) is 10.2 Å². The van der Waals surface area contributed by atoms with Crippen LogP contribution >= 0.6 is 0 Å². The summed E-state index contributed by atoms with van der Waals surface area (Å²) in [5.41, 5.74) is 10.1. The van der Waals surface area contributed by atoms with Crippen molar-refractivity contribution in [2.24, 2.45) is 17.6 Å². The van der Waals surface area contributed by atoms with Crippen molar-refractivity contribution in [1.29, 1.82) is 0 Å². The van der Waals surface area contributed by atoms with Gasteiger partial charge in [-0.15, -0.1) is 0 Å². The normalized spacial score (nSPS) is 24.3. The first-order chi connectivity index (χ1) is 21.1. The van der Waals surface area contributed by atoms with Crippen LogP contribution < -0.4 is 10.6 Å². The molecule has 2 saturated carbocycles. The van der Waals surface area contributed by atoms with Gasteiger partial charge < -0.3 is 20.1 Å². The first kappa shape index (κ1) is 28.0. The molecule has 2 bridgehead atoms. The number of amides is 1. The second kappa shape index (κ2) is 10.00. The summed E-state index contributed by atoms with van der Waals surface area (Å²) in [6.45, 7) is 4.58. The fraction of sp³-hybridized carbons (Fsp3) is 0.531. The molecule has 0 spiro atoms. The maximum atomic E-state index is 15.7. The molecule has 4 aliphatic rings. The number of nitrogens with two attached hydrogens (primary N) is 1. The number of fused-ring (bicyclic) bond motifs is 4. The van der Waals surface area contributed by atoms with Gasteiger partial charge in [0.25, 0.3) is 5.91 Å². The predicted octanol–water partition coefficient (Wildman–Crippen LogP) is 3.78. The van der Waals surface area contributed by atoms with Crippen LogP contribution in [0.3, 0.4) is 0 Å². The summed E-state index contributed by atoms with van der Waals surface area (Å²) in [4.78, 5) is 22.6. The van der Waals surface area contributed by atoms with E-state index in [4.69, 9.17) is 15.8 Å². The topological polar surface area (TPSA) is 119 Å². The van der Waals surface area contributed by atoms with Gasteiger partial charge in [0.15, 0.2) is 0 Å². The standard InChI is InChI=1S/C32H38FN7O3S/c1-18-29(36-40-17-22(13-24(33)30(18)40)32(41)39-16-21-5-7-25(39)28(21)34)26-14-20-6-8-27(35-31(20)38(26)15-19-3-4-19)37-11-9-23(10-12-37)44(2,42)43/h6,8,13-14,17,19,21,23,25,28H,3-5,7,9-12,15-16,34H2,1-2H3/t21?,25?,28-/m1/s1. The lowest BCUT2D eigenvalue weighted by Crippen LogP contribution is -2.41. The zero-order valence-corrected chi connectivity index (χ0v) is 25.9. The fourth-order valence-electron chi connectivity index (χ4n) is 7.83. The Morgan fingerprint density at radius 1 is 1.09 bits per heavy atom. The predicted molar refractivity (Wildman–Crippen MR) is 167 cm³/mol. The molecule has 0 aromatic carbocycles. The van der Waals surface area contributed by atoms with Crippen LogP contribution in [0.5, 0.6) is 0 Å². The summed E-state index contributed by atoms with van der Waals surface area (Å²) in [7, 11) is -3.05. The number of aryl methyl sites for hydroxylation is 1. The number of anilines is 1. The number of piperidine rings is 2. The zero-order valence-electron chi connectivity index (χ0n) is 25.1. The SMILES string of the molecule is Cc1c(-c2cc3ccc(N4CCC(S(C)(=O)=O)CC4)nc3n2CC2CC2)nn2cc(C(=O)N3CC4CCC3[C@@H]4N)cc(F)c12. The van der Waals surface area contributed by atoms with Crippen molar-refractivity contribution in [2.75, 3.05) is 30.8 Å². The van der Waals surface area contributed by atoms with Gasteiger partial charge in [-0.1, -0.05) is 0 Å². The molecule has 4 aromatic rings. The maximum Gasteiger partial charge on any atom is 0.255 e. The van der Waals surface area contributed by atoms with E-state index in [2.05, 4.69) is 21.6 Å². The molecule has 4 fully saturated rings. The number of hydrogen-bond donors (Lipinski definition) is 1. The number of halogens is 1. The van der Waals surface area contributed by atoms with Crippen molar-refractivity contribution in [1.82, 2.24) is 24.1 Å². The second-order valence-corrected chi connectivity index (χ2v) is 15.8. The van der Waals surface area contributed by atoms with Crippen LogP contribution in [0.2, 0.25) is 0 Å². The van der Waals surface area contributed by atoms with Crippen molar-refractivity contribution in [3.05, 3.63) is 47.4 Å². The Labute approximate surface area is 255 Å². The molecule has 12 heteroatoms. The summed E-state index contributed by atoms with van der Waals surface area (Å²) in [5.74, 6) is 1.05. The second-order valence-electron chi connectivity index (χ2n) is 13.5. The molecule has 1 amide bonds. The molecule has 2 aliphatic carbocycles. The minimum absolute atomic E-state index is 0.00657. The van der Waals surface area contributed by atoms with E-state index in [1.165, 1.54) is 16.8 Å². The third-order valence-corrected chi connectivity index (χ3v) is 12.2. The molecule has 8 rings (SSSR count). The number of carbonyl (C=O) groups excluding carboxylic acids is 1. The summed E-state index contributed by atoms with van der Waals surface area (Å²) in [5, 5.41) is 5.54. The average Bonchev–Trinajstić information content (AvgIpc) is 3.40. The minimum atomic E-state index is -3.05. The number of hydrogen-bond acceptors (Lipinski definition) is 7. The average molecular weight is 620 g/mol. The van der Waals surface area contributed by atoms with E-state index >= 15 is 4.39 Å². The Hall–Kier alpha value is -3.51. The van der Waals surface area contributed by atoms with E-state index in [1.54, 1.807) is 6.20 Å². The molecule has 2 saturated heterocycles. The van der Waals surface area contributed by atoms with Crippen molar-refractivity contribution in [3.63, 3.8) is 0 Å². The quantitative estimate of drug-likeness (QED) is 0.349. The van der Waals surface area contributed by atoms with Crippen molar-refractivity contribution >= 4 is 38.1 Å². The van der Waals surface area contributed by atoms with Crippen LogP contribution in [0.15, 0.2) is 30.5 Å². The van der Waals surface area contributed by atoms with Gasteiger partial charge in [-0.25, -0.2) is 22.3 Å². The first-order valence-corrected chi connectivity index (χ1v) is 17.7. The van der Waals surface area contributed by atoms with E-state index in [9.17, 15) is 13.2 Å². The Kier molecular flexibility index (Phi) is 6.36. The highest BCUT2D eigenvalue weighted by atomic mass is 32.2. The van der Waals surface area contributed by atoms with Crippen LogP contribution in [0.1, 0.15) is 54.4 Å². The first-order valence-electron chi connectivity index (χ1n) is 15.8. The van der Waals surface area contributed by atoms with Crippen LogP contribution in [0.25, 0.3) is 27.9 Å². The van der Waals surface area contributed by atoms with E-state index in [-0.39, 0.29) is 28.8 Å². The highest BCUT2D eigenvalue weighted by molar-refractivity contribution is 7.91. The summed E-state index contributed by atoms with van der Waals surface area (Å²) < 4.78 is 43.6. The van der Waals surface area contributed by atoms with Gasteiger partial charge >= 0.3 is 0 Å². The molecule has 0 radical (unpaired) electrons. The van der Waals surface area contributed by atoms with Gasteiger partial charge in [-0.3, -0.25) is 4.79 Å². The number of sulfone groups is 1. The number of aromatic nitrogens is 4. The Bertz CT molecular complexity index is 1920. The van der Waals surface area contributed by atoms with Crippen molar-refractivity contribution in [2.45, 2.75) is 69.3 Å². The van der Waals surface area contributed by atoms with E-state index in [1.807, 2.05) is 17.9 Å². The number of likely N-dealkylation sites (tertiary alicyclic amines) is 1. The molecule has 10 nitrogen and oxygen atoms in total. The molecule has 3 atom stereocenters. The van der Waals surface area contributed by atoms with Crippen molar-refractivity contribution < 1.29 is 17.6 Å². The lowest BCUT2D eigenvalue weighted by Gasteiger charge is -2.32. The lowest BCUT2D eigenvalue weighted by atomic mass is 10.1. The molecule has 2 aliphatic heterocycles. The molecule has 2 unspecified atom stereocenters. The van der Waals surface area contributed by atoms with Crippen molar-refractivity contribution in [3.8, 4) is 11.4 Å². The number of pyridine rings is 2. The van der Waals surface area contributed by atoms with Gasteiger partial charge in [-0.2, -0.15) is 5.10 Å². The molecule has 232 valence electrons. The van der Waals surface area contributed by atoms with E-state index < -0.39 is 15.7 Å². The third-order valence-electron chi connectivity index (χ3n) is 10.6. The van der Waals surface area contributed by atoms with Gasteiger partial charge in [-0.05, 0) is 81.5 Å². The summed E-state index contributed by atoms with van der Waals surface area (Å²) in [6, 6.07) is 7.49. The summed E-state index contributed by atoms with van der Waals surface area (Å²) >= 11 is 0.